The molecule has 0 spiro atoms. The van der Waals surface area contributed by atoms with E-state index in [0.717, 1.165) is 0 Å². The van der Waals surface area contributed by atoms with Gasteiger partial charge in [0.05, 0.1) is 0 Å². The molecule has 16 heavy (non-hydrogen) atoms. The normalized spacial score (nSPS) is 16.2. The molecule has 1 nitrogen and oxygen atoms in total. The molecule has 0 atom stereocenters. The molecule has 1 aromatic rings. The minimum absolute atomic E-state index is 0.930. The fourth-order valence-electron chi connectivity index (χ4n) is 2.82. The molecule has 1 aliphatic heterocycles. The summed E-state index contributed by atoms with van der Waals surface area (Å²) in [6.07, 6.45) is 4.54. The van der Waals surface area contributed by atoms with Crippen LogP contribution < -0.4 is 4.90 Å². The van der Waals surface area contributed by atoms with Crippen LogP contribution in [0.5, 0.6) is 0 Å². The maximum absolute atomic E-state index is 2.34. The summed E-state index contributed by atoms with van der Waals surface area (Å²) in [5, 5.41) is 0. The van der Waals surface area contributed by atoms with E-state index in [1.165, 1.54) is 29.9 Å². The van der Waals surface area contributed by atoms with Gasteiger partial charge >= 0.3 is 105 Å². The molecular formula is C14H22GaN. The molecule has 0 saturated carbocycles. The van der Waals surface area contributed by atoms with Crippen LogP contribution in [0.25, 0.3) is 0 Å². The van der Waals surface area contributed by atoms with Crippen molar-refractivity contribution in [2.45, 2.75) is 34.2 Å². The number of hydrogen-bond donors (Lipinski definition) is 0. The molecule has 0 N–H and O–H groups in total. The van der Waals surface area contributed by atoms with Gasteiger partial charge in [-0.1, -0.05) is 0 Å². The molecule has 0 aliphatic carbocycles. The van der Waals surface area contributed by atoms with Crippen LogP contribution in [0.2, 0.25) is 9.95 Å². The number of hydrogen-bond acceptors (Lipinski definition) is 1. The second-order valence-electron chi connectivity index (χ2n) is 5.23. The van der Waals surface area contributed by atoms with Gasteiger partial charge in [0.1, 0.15) is 0 Å². The van der Waals surface area contributed by atoms with E-state index in [2.05, 4.69) is 43.3 Å². The van der Waals surface area contributed by atoms with E-state index in [-0.39, 0.29) is 0 Å². The van der Waals surface area contributed by atoms with Crippen LogP contribution in [0.4, 0.5) is 5.69 Å². The van der Waals surface area contributed by atoms with Gasteiger partial charge < -0.3 is 0 Å². The Balaban J connectivity index is 2.07. The third-order valence-electron chi connectivity index (χ3n) is 3.71. The Bertz CT molecular complexity index is 329. The van der Waals surface area contributed by atoms with Crippen LogP contribution in [0.15, 0.2) is 24.3 Å². The van der Waals surface area contributed by atoms with E-state index in [4.69, 9.17) is 0 Å². The molecule has 0 unspecified atom stereocenters. The molecule has 1 aliphatic rings. The summed E-state index contributed by atoms with van der Waals surface area (Å²) in [4.78, 5) is 6.96. The Kier molecular flexibility index (Phi) is 4.42. The molecule has 1 heterocycles. The number of para-hydroxylation sites is 1. The van der Waals surface area contributed by atoms with Gasteiger partial charge in [0.2, 0.25) is 0 Å². The zero-order chi connectivity index (χ0) is 11.4. The summed E-state index contributed by atoms with van der Waals surface area (Å²) in [6, 6.07) is 8.97. The summed E-state index contributed by atoms with van der Waals surface area (Å²) >= 11 is -0.930. The van der Waals surface area contributed by atoms with Crippen LogP contribution in [-0.4, -0.2) is 30.3 Å². The van der Waals surface area contributed by atoms with Crippen LogP contribution in [-0.2, 0) is 4.98 Å². The SMILES string of the molecule is CN(C)c1ccccc1[CH2][Ga]1[CH2]CCC[CH2]1. The maximum atomic E-state index is 2.34. The number of nitrogens with zero attached hydrogens (tertiary/aromatic N) is 1. The van der Waals surface area contributed by atoms with Crippen molar-refractivity contribution in [2.75, 3.05) is 19.0 Å². The fourth-order valence-corrected chi connectivity index (χ4v) is 9.95. The van der Waals surface area contributed by atoms with Crippen molar-refractivity contribution >= 4 is 21.9 Å². The first-order chi connectivity index (χ1) is 7.77. The van der Waals surface area contributed by atoms with Gasteiger partial charge in [-0.15, -0.1) is 0 Å². The van der Waals surface area contributed by atoms with Crippen LogP contribution in [0.1, 0.15) is 24.8 Å². The van der Waals surface area contributed by atoms with Crippen molar-refractivity contribution in [2.24, 2.45) is 0 Å². The molecule has 0 radical (unpaired) electrons. The van der Waals surface area contributed by atoms with Crippen molar-refractivity contribution in [3.63, 3.8) is 0 Å². The first kappa shape index (κ1) is 12.1. The molecule has 1 saturated heterocycles. The van der Waals surface area contributed by atoms with Crippen LogP contribution >= 0.6 is 0 Å². The Morgan fingerprint density at radius 3 is 2.44 bits per heavy atom. The third kappa shape index (κ3) is 3.08. The zero-order valence-electron chi connectivity index (χ0n) is 10.6. The molecule has 2 heteroatoms. The van der Waals surface area contributed by atoms with Gasteiger partial charge in [-0.25, -0.2) is 0 Å². The summed E-state index contributed by atoms with van der Waals surface area (Å²) in [7, 11) is 4.32. The molecule has 0 bridgehead atoms. The Hall–Kier alpha value is -0.344. The van der Waals surface area contributed by atoms with Crippen molar-refractivity contribution in [3.8, 4) is 0 Å². The topological polar surface area (TPSA) is 3.24 Å². The zero-order valence-corrected chi connectivity index (χ0v) is 13.0. The van der Waals surface area contributed by atoms with Gasteiger partial charge in [0.15, 0.2) is 0 Å². The predicted octanol–water partition coefficient (Wildman–Crippen LogP) is 3.51. The van der Waals surface area contributed by atoms with Crippen LogP contribution in [0, 0.1) is 0 Å². The average molecular weight is 274 g/mol. The summed E-state index contributed by atoms with van der Waals surface area (Å²) in [5.74, 6) is 0. The van der Waals surface area contributed by atoms with Gasteiger partial charge in [0, 0.05) is 0 Å². The Labute approximate surface area is 105 Å². The first-order valence-corrected chi connectivity index (χ1v) is 11.7. The van der Waals surface area contributed by atoms with Gasteiger partial charge in [-0.05, 0) is 0 Å². The van der Waals surface area contributed by atoms with Gasteiger partial charge in [-0.2, -0.15) is 0 Å². The fraction of sp³-hybridized carbons (Fsp3) is 0.571. The quantitative estimate of drug-likeness (QED) is 0.762. The molecule has 86 valence electrons. The second-order valence-corrected chi connectivity index (χ2v) is 12.1. The average Bonchev–Trinajstić information content (AvgIpc) is 2.31. The molecular weight excluding hydrogens is 252 g/mol. The van der Waals surface area contributed by atoms with Crippen molar-refractivity contribution in [3.05, 3.63) is 29.8 Å². The van der Waals surface area contributed by atoms with E-state index < -0.39 is 16.2 Å². The predicted molar refractivity (Wildman–Crippen MR) is 73.7 cm³/mol. The van der Waals surface area contributed by atoms with Crippen molar-refractivity contribution in [1.29, 1.82) is 0 Å². The van der Waals surface area contributed by atoms with Crippen molar-refractivity contribution < 1.29 is 0 Å². The molecule has 2 rings (SSSR count). The van der Waals surface area contributed by atoms with Gasteiger partial charge in [0.25, 0.3) is 0 Å². The second kappa shape index (κ2) is 5.83. The van der Waals surface area contributed by atoms with E-state index in [0.29, 0.717) is 0 Å². The van der Waals surface area contributed by atoms with Gasteiger partial charge in [-0.3, -0.25) is 0 Å². The summed E-state index contributed by atoms with van der Waals surface area (Å²) in [6.45, 7) is 0. The van der Waals surface area contributed by atoms with Crippen molar-refractivity contribution in [1.82, 2.24) is 0 Å². The third-order valence-corrected chi connectivity index (χ3v) is 11.0. The molecule has 1 aromatic carbocycles. The Morgan fingerprint density at radius 1 is 1.06 bits per heavy atom. The summed E-state index contributed by atoms with van der Waals surface area (Å²) < 4.78 is 0. The van der Waals surface area contributed by atoms with E-state index in [1.807, 2.05) is 0 Å². The number of rotatable bonds is 3. The van der Waals surface area contributed by atoms with E-state index in [1.54, 1.807) is 15.5 Å². The minimum atomic E-state index is -0.930. The Morgan fingerprint density at radius 2 is 1.75 bits per heavy atom. The summed E-state index contributed by atoms with van der Waals surface area (Å²) in [5.41, 5.74) is 3.05. The van der Waals surface area contributed by atoms with E-state index in [9.17, 15) is 0 Å². The van der Waals surface area contributed by atoms with Crippen LogP contribution in [0.3, 0.4) is 0 Å². The standard InChI is InChI=1S/C9H12N.C5H10.Ga/c1-8-6-4-5-7-9(8)10(2)3;1-3-5-4-2;/h4-7H,1H2,2-3H3;1-5H2;. The van der Waals surface area contributed by atoms with E-state index >= 15 is 0 Å². The molecule has 1 fully saturated rings. The number of benzene rings is 1. The first-order valence-electron chi connectivity index (χ1n) is 6.52. The number of anilines is 1. The monoisotopic (exact) mass is 273 g/mol. The molecule has 0 amide bonds. The molecule has 0 aromatic heterocycles.